The summed E-state index contributed by atoms with van der Waals surface area (Å²) < 4.78 is 14.3. The molecule has 2 nitrogen and oxygen atoms in total. The first-order chi connectivity index (χ1) is 11.1. The lowest BCUT2D eigenvalue weighted by Crippen LogP contribution is -2.20. The van der Waals surface area contributed by atoms with Crippen LogP contribution in [0.15, 0.2) is 48.5 Å². The van der Waals surface area contributed by atoms with Gasteiger partial charge in [0, 0.05) is 5.56 Å². The molecule has 3 heteroatoms. The van der Waals surface area contributed by atoms with Crippen LogP contribution in [0.1, 0.15) is 37.9 Å². The average molecular weight is 315 g/mol. The standard InChI is InChI=1S/C20H26FNO/c1-3-14-22(2)15-8-13-19(23)20-17(11-7-12-18(20)21)16-9-5-4-6-10-16/h4-7,9-12,19,23H,3,8,13-15H2,1-2H3. The third-order valence-corrected chi connectivity index (χ3v) is 4.09. The van der Waals surface area contributed by atoms with Gasteiger partial charge in [0.05, 0.1) is 6.10 Å². The van der Waals surface area contributed by atoms with Crippen LogP contribution in [0.4, 0.5) is 4.39 Å². The van der Waals surface area contributed by atoms with E-state index in [1.54, 1.807) is 6.07 Å². The summed E-state index contributed by atoms with van der Waals surface area (Å²) in [6.45, 7) is 4.11. The van der Waals surface area contributed by atoms with Gasteiger partial charge in [0.15, 0.2) is 0 Å². The first kappa shape index (κ1) is 17.6. The molecule has 0 aliphatic carbocycles. The highest BCUT2D eigenvalue weighted by molar-refractivity contribution is 5.68. The van der Waals surface area contributed by atoms with Gasteiger partial charge in [-0.1, -0.05) is 49.4 Å². The van der Waals surface area contributed by atoms with Gasteiger partial charge in [0.2, 0.25) is 0 Å². The largest absolute Gasteiger partial charge is 0.388 e. The molecule has 0 aromatic heterocycles. The van der Waals surface area contributed by atoms with Crippen molar-refractivity contribution in [3.63, 3.8) is 0 Å². The Morgan fingerprint density at radius 2 is 1.78 bits per heavy atom. The first-order valence-electron chi connectivity index (χ1n) is 8.34. The van der Waals surface area contributed by atoms with E-state index in [9.17, 15) is 9.50 Å². The molecule has 124 valence electrons. The Balaban J connectivity index is 2.12. The maximum Gasteiger partial charge on any atom is 0.129 e. The second-order valence-electron chi connectivity index (χ2n) is 6.03. The van der Waals surface area contributed by atoms with Crippen molar-refractivity contribution >= 4 is 0 Å². The number of benzene rings is 2. The molecule has 1 atom stereocenters. The van der Waals surface area contributed by atoms with E-state index >= 15 is 0 Å². The molecule has 0 fully saturated rings. The van der Waals surface area contributed by atoms with Crippen molar-refractivity contribution in [3.8, 4) is 11.1 Å². The zero-order chi connectivity index (χ0) is 16.7. The van der Waals surface area contributed by atoms with Gasteiger partial charge in [0.25, 0.3) is 0 Å². The third-order valence-electron chi connectivity index (χ3n) is 4.09. The quantitative estimate of drug-likeness (QED) is 0.766. The normalized spacial score (nSPS) is 12.6. The van der Waals surface area contributed by atoms with Crippen LogP contribution in [0, 0.1) is 5.82 Å². The minimum absolute atomic E-state index is 0.333. The van der Waals surface area contributed by atoms with Crippen LogP contribution in [0.25, 0.3) is 11.1 Å². The molecule has 1 N–H and O–H groups in total. The molecular formula is C20H26FNO. The van der Waals surface area contributed by atoms with Crippen molar-refractivity contribution in [1.29, 1.82) is 0 Å². The highest BCUT2D eigenvalue weighted by Gasteiger charge is 2.18. The summed E-state index contributed by atoms with van der Waals surface area (Å²) in [5, 5.41) is 10.5. The van der Waals surface area contributed by atoms with Crippen LogP contribution >= 0.6 is 0 Å². The van der Waals surface area contributed by atoms with Crippen molar-refractivity contribution < 1.29 is 9.50 Å². The fraction of sp³-hybridized carbons (Fsp3) is 0.400. The second-order valence-corrected chi connectivity index (χ2v) is 6.03. The molecule has 0 amide bonds. The van der Waals surface area contributed by atoms with Gasteiger partial charge in [-0.05, 0) is 56.6 Å². The first-order valence-corrected chi connectivity index (χ1v) is 8.34. The maximum atomic E-state index is 14.3. The molecule has 0 heterocycles. The number of hydrogen-bond donors (Lipinski definition) is 1. The summed E-state index contributed by atoms with van der Waals surface area (Å²) in [5.74, 6) is -0.333. The molecule has 23 heavy (non-hydrogen) atoms. The van der Waals surface area contributed by atoms with Crippen LogP contribution < -0.4 is 0 Å². The Hall–Kier alpha value is -1.71. The summed E-state index contributed by atoms with van der Waals surface area (Å²) in [6.07, 6.45) is 1.75. The van der Waals surface area contributed by atoms with Crippen LogP contribution in [0.3, 0.4) is 0 Å². The summed E-state index contributed by atoms with van der Waals surface area (Å²) in [6, 6.07) is 14.7. The number of aliphatic hydroxyl groups is 1. The van der Waals surface area contributed by atoms with Crippen LogP contribution in [0.5, 0.6) is 0 Å². The van der Waals surface area contributed by atoms with Gasteiger partial charge in [-0.25, -0.2) is 4.39 Å². The molecular weight excluding hydrogens is 289 g/mol. The van der Waals surface area contributed by atoms with E-state index < -0.39 is 6.10 Å². The highest BCUT2D eigenvalue weighted by Crippen LogP contribution is 2.32. The van der Waals surface area contributed by atoms with Gasteiger partial charge in [-0.15, -0.1) is 0 Å². The molecule has 1 unspecified atom stereocenters. The molecule has 0 aliphatic rings. The topological polar surface area (TPSA) is 23.5 Å². The number of hydrogen-bond acceptors (Lipinski definition) is 2. The van der Waals surface area contributed by atoms with E-state index in [1.807, 2.05) is 36.4 Å². The highest BCUT2D eigenvalue weighted by atomic mass is 19.1. The van der Waals surface area contributed by atoms with Gasteiger partial charge in [0.1, 0.15) is 5.82 Å². The summed E-state index contributed by atoms with van der Waals surface area (Å²) in [7, 11) is 2.08. The minimum Gasteiger partial charge on any atom is -0.388 e. The molecule has 0 bridgehead atoms. The van der Waals surface area contributed by atoms with Gasteiger partial charge < -0.3 is 10.0 Å². The molecule has 0 radical (unpaired) electrons. The van der Waals surface area contributed by atoms with Crippen molar-refractivity contribution in [1.82, 2.24) is 4.90 Å². The van der Waals surface area contributed by atoms with Gasteiger partial charge in [-0.3, -0.25) is 0 Å². The Bertz CT molecular complexity index is 600. The molecule has 0 saturated heterocycles. The van der Waals surface area contributed by atoms with Crippen molar-refractivity contribution in [2.75, 3.05) is 20.1 Å². The maximum absolute atomic E-state index is 14.3. The van der Waals surface area contributed by atoms with E-state index in [1.165, 1.54) is 6.07 Å². The van der Waals surface area contributed by atoms with Crippen molar-refractivity contribution in [2.24, 2.45) is 0 Å². The smallest absolute Gasteiger partial charge is 0.129 e. The lowest BCUT2D eigenvalue weighted by molar-refractivity contribution is 0.154. The Morgan fingerprint density at radius 1 is 1.04 bits per heavy atom. The lowest BCUT2D eigenvalue weighted by atomic mass is 9.93. The van der Waals surface area contributed by atoms with Gasteiger partial charge in [-0.2, -0.15) is 0 Å². The molecule has 0 aliphatic heterocycles. The van der Waals surface area contributed by atoms with E-state index in [0.29, 0.717) is 12.0 Å². The molecule has 2 aromatic carbocycles. The molecule has 0 saturated carbocycles. The number of aliphatic hydroxyl groups excluding tert-OH is 1. The number of halogens is 1. The van der Waals surface area contributed by atoms with E-state index in [-0.39, 0.29) is 5.82 Å². The van der Waals surface area contributed by atoms with E-state index in [4.69, 9.17) is 0 Å². The zero-order valence-corrected chi connectivity index (χ0v) is 14.0. The Labute approximate surface area is 138 Å². The molecule has 2 aromatic rings. The lowest BCUT2D eigenvalue weighted by Gasteiger charge is -2.19. The third kappa shape index (κ3) is 4.88. The molecule has 2 rings (SSSR count). The number of nitrogens with zero attached hydrogens (tertiary/aromatic N) is 1. The summed E-state index contributed by atoms with van der Waals surface area (Å²) >= 11 is 0. The predicted octanol–water partition coefficient (Wildman–Crippen LogP) is 4.65. The average Bonchev–Trinajstić information content (AvgIpc) is 2.55. The Morgan fingerprint density at radius 3 is 2.48 bits per heavy atom. The Kier molecular flexibility index (Phi) is 6.75. The van der Waals surface area contributed by atoms with Crippen LogP contribution in [-0.2, 0) is 0 Å². The number of rotatable bonds is 8. The van der Waals surface area contributed by atoms with Crippen LogP contribution in [0.2, 0.25) is 0 Å². The fourth-order valence-electron chi connectivity index (χ4n) is 2.94. The van der Waals surface area contributed by atoms with Crippen LogP contribution in [-0.4, -0.2) is 30.1 Å². The summed E-state index contributed by atoms with van der Waals surface area (Å²) in [5.41, 5.74) is 2.13. The fourth-order valence-corrected chi connectivity index (χ4v) is 2.94. The molecule has 0 spiro atoms. The predicted molar refractivity (Wildman–Crippen MR) is 93.8 cm³/mol. The van der Waals surface area contributed by atoms with Gasteiger partial charge >= 0.3 is 0 Å². The zero-order valence-electron chi connectivity index (χ0n) is 14.0. The SMILES string of the molecule is CCCN(C)CCCC(O)c1c(F)cccc1-c1ccccc1. The van der Waals surface area contributed by atoms with E-state index in [2.05, 4.69) is 18.9 Å². The monoisotopic (exact) mass is 315 g/mol. The second kappa shape index (κ2) is 8.80. The van der Waals surface area contributed by atoms with E-state index in [0.717, 1.165) is 37.1 Å². The minimum atomic E-state index is -0.776. The summed E-state index contributed by atoms with van der Waals surface area (Å²) in [4.78, 5) is 2.24. The van der Waals surface area contributed by atoms with Crippen molar-refractivity contribution in [3.05, 3.63) is 59.9 Å². The van der Waals surface area contributed by atoms with Crippen molar-refractivity contribution in [2.45, 2.75) is 32.3 Å².